The first-order valence-electron chi connectivity index (χ1n) is 14.9. The minimum Gasteiger partial charge on any atom is -0.466 e. The lowest BCUT2D eigenvalue weighted by Gasteiger charge is -2.62. The second-order valence-corrected chi connectivity index (χ2v) is 13.5. The van der Waals surface area contributed by atoms with Crippen molar-refractivity contribution in [2.45, 2.75) is 117 Å². The van der Waals surface area contributed by atoms with Crippen LogP contribution in [0.15, 0.2) is 11.6 Å². The molecular weight excluding hydrogens is 500 g/mol. The second kappa shape index (κ2) is 9.95. The summed E-state index contributed by atoms with van der Waals surface area (Å²) in [6.45, 7) is 12.4. The van der Waals surface area contributed by atoms with E-state index in [1.54, 1.807) is 13.0 Å². The lowest BCUT2D eigenvalue weighted by atomic mass is 9.43. The van der Waals surface area contributed by atoms with E-state index in [-0.39, 0.29) is 53.9 Å². The number of aliphatic hydroxyl groups excluding tert-OH is 1. The van der Waals surface area contributed by atoms with Crippen molar-refractivity contribution in [1.82, 2.24) is 0 Å². The average Bonchev–Trinajstić information content (AvgIpc) is 3.30. The first kappa shape index (κ1) is 28.7. The van der Waals surface area contributed by atoms with Crippen LogP contribution < -0.4 is 0 Å². The lowest BCUT2D eigenvalue weighted by Crippen LogP contribution is -2.63. The first-order valence-corrected chi connectivity index (χ1v) is 14.9. The van der Waals surface area contributed by atoms with Crippen molar-refractivity contribution >= 4 is 17.7 Å². The highest BCUT2D eigenvalue weighted by Gasteiger charge is 2.74. The van der Waals surface area contributed by atoms with Crippen LogP contribution in [-0.4, -0.2) is 59.6 Å². The molecular formula is C31H46O8. The van der Waals surface area contributed by atoms with Crippen LogP contribution in [0, 0.1) is 34.5 Å². The molecule has 5 aliphatic rings. The predicted octanol–water partition coefficient (Wildman–Crippen LogP) is 4.51. The fraction of sp³-hybridized carbons (Fsp3) is 0.839. The summed E-state index contributed by atoms with van der Waals surface area (Å²) in [5, 5.41) is 12.0. The van der Waals surface area contributed by atoms with Crippen LogP contribution in [0.3, 0.4) is 0 Å². The van der Waals surface area contributed by atoms with Gasteiger partial charge in [-0.05, 0) is 94.5 Å². The third kappa shape index (κ3) is 4.40. The smallest absolute Gasteiger partial charge is 0.338 e. The Kier molecular flexibility index (Phi) is 7.33. The third-order valence-corrected chi connectivity index (χ3v) is 10.9. The van der Waals surface area contributed by atoms with Gasteiger partial charge >= 0.3 is 11.9 Å². The zero-order valence-electron chi connectivity index (χ0n) is 24.4. The number of fused-ring (bicyclic) bond motifs is 6. The minimum absolute atomic E-state index is 0.0376. The van der Waals surface area contributed by atoms with Gasteiger partial charge < -0.3 is 24.1 Å². The fourth-order valence-corrected chi connectivity index (χ4v) is 9.56. The Hall–Kier alpha value is -1.77. The average molecular weight is 547 g/mol. The molecule has 1 aliphatic heterocycles. The fourth-order valence-electron chi connectivity index (χ4n) is 9.56. The molecule has 5 rings (SSSR count). The molecule has 9 atom stereocenters. The Balaban J connectivity index is 1.54. The van der Waals surface area contributed by atoms with Crippen molar-refractivity contribution in [3.8, 4) is 0 Å². The number of ketones is 1. The summed E-state index contributed by atoms with van der Waals surface area (Å²) >= 11 is 0. The molecule has 0 amide bonds. The molecule has 1 saturated heterocycles. The van der Waals surface area contributed by atoms with Crippen LogP contribution >= 0.6 is 0 Å². The molecule has 218 valence electrons. The molecule has 3 saturated carbocycles. The molecule has 0 aromatic carbocycles. The topological polar surface area (TPSA) is 108 Å². The third-order valence-electron chi connectivity index (χ3n) is 10.9. The van der Waals surface area contributed by atoms with Crippen molar-refractivity contribution in [1.29, 1.82) is 0 Å². The van der Waals surface area contributed by atoms with E-state index in [9.17, 15) is 19.5 Å². The highest BCUT2D eigenvalue weighted by atomic mass is 16.8. The van der Waals surface area contributed by atoms with Crippen molar-refractivity contribution < 1.29 is 38.4 Å². The van der Waals surface area contributed by atoms with Crippen molar-refractivity contribution in [2.75, 3.05) is 13.2 Å². The summed E-state index contributed by atoms with van der Waals surface area (Å²) in [6.07, 6.45) is 5.02. The van der Waals surface area contributed by atoms with E-state index in [4.69, 9.17) is 18.9 Å². The maximum Gasteiger partial charge on any atom is 0.338 e. The SMILES string of the molecule is CCCOC(=O)C[C@H]1C[C@@H]2[C@H]([C@@H](O)C[C@@]3(C)[C@H]2CC[C@@]32OC(C)(C)O[C@@H]2C(=O)OCC)[C@@]2(C)CCC(=O)C=C12. The highest BCUT2D eigenvalue weighted by molar-refractivity contribution is 5.92. The van der Waals surface area contributed by atoms with Gasteiger partial charge in [-0.3, -0.25) is 9.59 Å². The van der Waals surface area contributed by atoms with Crippen molar-refractivity contribution in [3.05, 3.63) is 11.6 Å². The Labute approximate surface area is 232 Å². The molecule has 4 fully saturated rings. The summed E-state index contributed by atoms with van der Waals surface area (Å²) < 4.78 is 23.9. The molecule has 0 bridgehead atoms. The number of esters is 2. The van der Waals surface area contributed by atoms with Gasteiger partial charge in [0.05, 0.1) is 25.7 Å². The summed E-state index contributed by atoms with van der Waals surface area (Å²) in [7, 11) is 0. The molecule has 8 heteroatoms. The molecule has 0 aromatic heterocycles. The van der Waals surface area contributed by atoms with Crippen LogP contribution in [-0.2, 0) is 33.3 Å². The number of aliphatic hydroxyl groups is 1. The van der Waals surface area contributed by atoms with Gasteiger partial charge in [0.25, 0.3) is 0 Å². The molecule has 4 aliphatic carbocycles. The molecule has 0 unspecified atom stereocenters. The molecule has 0 aromatic rings. The summed E-state index contributed by atoms with van der Waals surface area (Å²) in [4.78, 5) is 38.6. The van der Waals surface area contributed by atoms with E-state index in [0.29, 0.717) is 38.7 Å². The number of carbonyl (C=O) groups excluding carboxylic acids is 3. The van der Waals surface area contributed by atoms with Crippen LogP contribution in [0.4, 0.5) is 0 Å². The number of carbonyl (C=O) groups is 3. The maximum atomic E-state index is 13.2. The predicted molar refractivity (Wildman–Crippen MR) is 142 cm³/mol. The Morgan fingerprint density at radius 2 is 1.87 bits per heavy atom. The summed E-state index contributed by atoms with van der Waals surface area (Å²) in [6, 6.07) is 0. The van der Waals surface area contributed by atoms with E-state index < -0.39 is 35.0 Å². The quantitative estimate of drug-likeness (QED) is 0.485. The number of hydrogen-bond donors (Lipinski definition) is 1. The molecule has 1 spiro atoms. The van der Waals surface area contributed by atoms with E-state index in [0.717, 1.165) is 18.4 Å². The maximum absolute atomic E-state index is 13.2. The van der Waals surface area contributed by atoms with E-state index in [1.807, 2.05) is 20.8 Å². The largest absolute Gasteiger partial charge is 0.466 e. The molecule has 39 heavy (non-hydrogen) atoms. The van der Waals surface area contributed by atoms with Gasteiger partial charge in [0, 0.05) is 11.8 Å². The monoisotopic (exact) mass is 546 g/mol. The number of rotatable bonds is 6. The lowest BCUT2D eigenvalue weighted by molar-refractivity contribution is -0.215. The van der Waals surface area contributed by atoms with E-state index in [1.165, 1.54) is 0 Å². The van der Waals surface area contributed by atoms with Crippen LogP contribution in [0.25, 0.3) is 0 Å². The van der Waals surface area contributed by atoms with Gasteiger partial charge in [-0.2, -0.15) is 0 Å². The molecule has 0 radical (unpaired) electrons. The number of ether oxygens (including phenoxy) is 4. The number of hydrogen-bond acceptors (Lipinski definition) is 8. The zero-order valence-corrected chi connectivity index (χ0v) is 24.4. The Morgan fingerprint density at radius 1 is 1.13 bits per heavy atom. The highest BCUT2D eigenvalue weighted by Crippen LogP contribution is 2.71. The standard InChI is InChI=1S/C31H46O8/c1-7-13-37-24(34)15-18-14-20-21-10-12-31(26(27(35)36-8-2)38-28(3,4)39-31)30(21,6)17-23(33)25(20)29(5)11-9-19(32)16-22(18)29/h16,18,20-21,23,25-26,33H,7-15,17H2,1-6H3/t18-,20+,21+,23+,25-,26-,29+,30+,31+/m1/s1. The van der Waals surface area contributed by atoms with Crippen LogP contribution in [0.5, 0.6) is 0 Å². The van der Waals surface area contributed by atoms with Crippen molar-refractivity contribution in [3.63, 3.8) is 0 Å². The second-order valence-electron chi connectivity index (χ2n) is 13.5. The first-order chi connectivity index (χ1) is 18.3. The normalized spacial score (nSPS) is 44.3. The zero-order chi connectivity index (χ0) is 28.4. The van der Waals surface area contributed by atoms with E-state index in [2.05, 4.69) is 13.8 Å². The van der Waals surface area contributed by atoms with E-state index >= 15 is 0 Å². The van der Waals surface area contributed by atoms with Crippen LogP contribution in [0.2, 0.25) is 0 Å². The van der Waals surface area contributed by atoms with Gasteiger partial charge in [0.15, 0.2) is 17.7 Å². The summed E-state index contributed by atoms with van der Waals surface area (Å²) in [5.74, 6) is -1.40. The number of allylic oxidation sites excluding steroid dienone is 1. The van der Waals surface area contributed by atoms with Gasteiger partial charge in [0.2, 0.25) is 0 Å². The molecule has 1 heterocycles. The van der Waals surface area contributed by atoms with Crippen LogP contribution in [0.1, 0.15) is 92.9 Å². The van der Waals surface area contributed by atoms with Crippen molar-refractivity contribution in [2.24, 2.45) is 34.5 Å². The van der Waals surface area contributed by atoms with Gasteiger partial charge in [0.1, 0.15) is 5.60 Å². The Bertz CT molecular complexity index is 1050. The molecule has 1 N–H and O–H groups in total. The molecule has 8 nitrogen and oxygen atoms in total. The van der Waals surface area contributed by atoms with Gasteiger partial charge in [-0.25, -0.2) is 4.79 Å². The Morgan fingerprint density at radius 3 is 2.56 bits per heavy atom. The van der Waals surface area contributed by atoms with Gasteiger partial charge in [-0.15, -0.1) is 0 Å². The minimum atomic E-state index is -0.957. The summed E-state index contributed by atoms with van der Waals surface area (Å²) in [5.41, 5.74) is -0.812. The van der Waals surface area contributed by atoms with Gasteiger partial charge in [-0.1, -0.05) is 26.3 Å².